The van der Waals surface area contributed by atoms with Crippen LogP contribution in [0.5, 0.6) is 0 Å². The molecule has 2 rings (SSSR count). The normalized spacial score (nSPS) is 17.3. The summed E-state index contributed by atoms with van der Waals surface area (Å²) >= 11 is 1.20. The summed E-state index contributed by atoms with van der Waals surface area (Å²) in [5, 5.41) is 5.32. The lowest BCUT2D eigenvalue weighted by Gasteiger charge is -2.32. The molecule has 0 aliphatic carbocycles. The van der Waals surface area contributed by atoms with E-state index in [0.717, 1.165) is 31.6 Å². The van der Waals surface area contributed by atoms with Gasteiger partial charge in [-0.05, 0) is 12.8 Å². The van der Waals surface area contributed by atoms with Crippen molar-refractivity contribution in [2.24, 2.45) is 0 Å². The van der Waals surface area contributed by atoms with E-state index in [-0.39, 0.29) is 10.8 Å². The van der Waals surface area contributed by atoms with Gasteiger partial charge in [-0.1, -0.05) is 11.3 Å². The molecular formula is C13H22N4O2S. The van der Waals surface area contributed by atoms with Gasteiger partial charge in [-0.3, -0.25) is 14.5 Å². The van der Waals surface area contributed by atoms with Gasteiger partial charge in [-0.2, -0.15) is 0 Å². The van der Waals surface area contributed by atoms with Gasteiger partial charge in [-0.25, -0.2) is 0 Å². The van der Waals surface area contributed by atoms with Gasteiger partial charge in [0.15, 0.2) is 0 Å². The molecule has 1 aliphatic rings. The summed E-state index contributed by atoms with van der Waals surface area (Å²) in [6.45, 7) is 3.10. The summed E-state index contributed by atoms with van der Waals surface area (Å²) in [4.78, 5) is 29.3. The number of piperidine rings is 1. The van der Waals surface area contributed by atoms with Crippen LogP contribution in [0.15, 0.2) is 10.2 Å². The van der Waals surface area contributed by atoms with Gasteiger partial charge in [0.25, 0.3) is 0 Å². The molecule has 0 unspecified atom stereocenters. The maximum absolute atomic E-state index is 11.6. The first-order valence-electron chi connectivity index (χ1n) is 6.87. The third-order valence-corrected chi connectivity index (χ3v) is 4.32. The molecule has 7 heteroatoms. The lowest BCUT2D eigenvalue weighted by molar-refractivity contribution is -0.130. The maximum atomic E-state index is 11.6. The molecule has 0 atom stereocenters. The molecule has 2 N–H and O–H groups in total. The maximum Gasteiger partial charge on any atom is 0.304 e. The number of nitrogens with zero attached hydrogens (tertiary/aromatic N) is 2. The first-order chi connectivity index (χ1) is 9.54. The van der Waals surface area contributed by atoms with Crippen LogP contribution in [0.3, 0.4) is 0 Å². The molecule has 0 spiro atoms. The van der Waals surface area contributed by atoms with E-state index in [0.29, 0.717) is 19.1 Å². The Morgan fingerprint density at radius 1 is 1.50 bits per heavy atom. The van der Waals surface area contributed by atoms with Gasteiger partial charge in [0.2, 0.25) is 5.91 Å². The summed E-state index contributed by atoms with van der Waals surface area (Å²) in [6, 6.07) is 0.462. The number of aromatic amines is 1. The quantitative estimate of drug-likeness (QED) is 0.808. The van der Waals surface area contributed by atoms with E-state index in [4.69, 9.17) is 0 Å². The third kappa shape index (κ3) is 4.43. The van der Waals surface area contributed by atoms with Crippen LogP contribution in [0, 0.1) is 0 Å². The fourth-order valence-electron chi connectivity index (χ4n) is 2.28. The Balaban J connectivity index is 1.69. The number of carbonyl (C=O) groups excluding carboxylic acids is 1. The van der Waals surface area contributed by atoms with Crippen molar-refractivity contribution in [3.8, 4) is 0 Å². The van der Waals surface area contributed by atoms with E-state index < -0.39 is 0 Å². The highest BCUT2D eigenvalue weighted by atomic mass is 32.1. The molecule has 1 aliphatic heterocycles. The highest BCUT2D eigenvalue weighted by Gasteiger charge is 2.20. The predicted octanol–water partition coefficient (Wildman–Crippen LogP) is 0.0786. The number of nitrogens with one attached hydrogen (secondary N) is 2. The van der Waals surface area contributed by atoms with E-state index in [1.807, 2.05) is 5.38 Å². The molecule has 0 saturated carbocycles. The Labute approximate surface area is 122 Å². The Morgan fingerprint density at radius 3 is 2.75 bits per heavy atom. The van der Waals surface area contributed by atoms with Crippen LogP contribution in [-0.4, -0.2) is 60.5 Å². The number of aromatic nitrogens is 1. The molecule has 1 aromatic rings. The lowest BCUT2D eigenvalue weighted by atomic mass is 10.0. The predicted molar refractivity (Wildman–Crippen MR) is 79.9 cm³/mol. The Morgan fingerprint density at radius 2 is 2.20 bits per heavy atom. The van der Waals surface area contributed by atoms with Crippen LogP contribution in [0.25, 0.3) is 0 Å². The second-order valence-corrected chi connectivity index (χ2v) is 6.24. The van der Waals surface area contributed by atoms with Gasteiger partial charge in [0.1, 0.15) is 0 Å². The second-order valence-electron chi connectivity index (χ2n) is 5.39. The summed E-state index contributed by atoms with van der Waals surface area (Å²) in [7, 11) is 3.58. The molecule has 20 heavy (non-hydrogen) atoms. The minimum atomic E-state index is -0.00110. The fourth-order valence-corrected chi connectivity index (χ4v) is 2.86. The number of likely N-dealkylation sites (N-methyl/N-ethyl adjacent to an activating group) is 1. The number of H-pyrrole nitrogens is 1. The van der Waals surface area contributed by atoms with Crippen molar-refractivity contribution < 1.29 is 4.79 Å². The number of amides is 1. The van der Waals surface area contributed by atoms with Crippen molar-refractivity contribution in [1.82, 2.24) is 20.1 Å². The van der Waals surface area contributed by atoms with Crippen LogP contribution in [0.4, 0.5) is 0 Å². The number of hydrogen-bond acceptors (Lipinski definition) is 5. The SMILES string of the molecule is CN(C)C(=O)CN1CCC(NCc2csc(=O)[nH]2)CC1. The number of likely N-dealkylation sites (tertiary alicyclic amines) is 1. The summed E-state index contributed by atoms with van der Waals surface area (Å²) < 4.78 is 0. The van der Waals surface area contributed by atoms with Crippen molar-refractivity contribution >= 4 is 17.2 Å². The van der Waals surface area contributed by atoms with Gasteiger partial charge in [0.05, 0.1) is 6.54 Å². The number of rotatable bonds is 5. The molecule has 1 saturated heterocycles. The lowest BCUT2D eigenvalue weighted by Crippen LogP contribution is -2.45. The van der Waals surface area contributed by atoms with E-state index in [1.165, 1.54) is 11.3 Å². The van der Waals surface area contributed by atoms with Crippen molar-refractivity contribution in [2.75, 3.05) is 33.7 Å². The molecule has 0 aromatic carbocycles. The van der Waals surface area contributed by atoms with Crippen molar-refractivity contribution in [3.05, 3.63) is 20.7 Å². The van der Waals surface area contributed by atoms with Gasteiger partial charge >= 0.3 is 4.87 Å². The highest BCUT2D eigenvalue weighted by Crippen LogP contribution is 2.11. The van der Waals surface area contributed by atoms with E-state index in [1.54, 1.807) is 19.0 Å². The van der Waals surface area contributed by atoms with Crippen LogP contribution in [-0.2, 0) is 11.3 Å². The first-order valence-corrected chi connectivity index (χ1v) is 7.75. The smallest absolute Gasteiger partial charge is 0.304 e. The molecule has 0 radical (unpaired) electrons. The van der Waals surface area contributed by atoms with Gasteiger partial charge < -0.3 is 15.2 Å². The van der Waals surface area contributed by atoms with Gasteiger partial charge in [0, 0.05) is 50.8 Å². The minimum Gasteiger partial charge on any atom is -0.348 e. The molecule has 2 heterocycles. The van der Waals surface area contributed by atoms with Crippen molar-refractivity contribution in [2.45, 2.75) is 25.4 Å². The largest absolute Gasteiger partial charge is 0.348 e. The van der Waals surface area contributed by atoms with Crippen LogP contribution < -0.4 is 10.2 Å². The van der Waals surface area contributed by atoms with Crippen LogP contribution in [0.2, 0.25) is 0 Å². The van der Waals surface area contributed by atoms with Crippen molar-refractivity contribution in [1.29, 1.82) is 0 Å². The standard InChI is InChI=1S/C13H22N4O2S/c1-16(2)12(18)8-17-5-3-10(4-6-17)14-7-11-9-20-13(19)15-11/h9-10,14H,3-8H2,1-2H3,(H,15,19). The van der Waals surface area contributed by atoms with E-state index in [9.17, 15) is 9.59 Å². The molecular weight excluding hydrogens is 276 g/mol. The zero-order chi connectivity index (χ0) is 14.5. The Bertz CT molecular complexity index is 489. The van der Waals surface area contributed by atoms with E-state index in [2.05, 4.69) is 15.2 Å². The number of thiazole rings is 1. The highest BCUT2D eigenvalue weighted by molar-refractivity contribution is 7.07. The molecule has 0 bridgehead atoms. The zero-order valence-corrected chi connectivity index (χ0v) is 12.8. The van der Waals surface area contributed by atoms with Crippen LogP contribution >= 0.6 is 11.3 Å². The Hall–Kier alpha value is -1.18. The molecule has 6 nitrogen and oxygen atoms in total. The number of carbonyl (C=O) groups is 1. The molecule has 1 fully saturated rings. The second kappa shape index (κ2) is 7.01. The minimum absolute atomic E-state index is 0.00110. The zero-order valence-electron chi connectivity index (χ0n) is 12.0. The first kappa shape index (κ1) is 15.2. The third-order valence-electron chi connectivity index (χ3n) is 3.60. The average molecular weight is 298 g/mol. The molecule has 112 valence electrons. The van der Waals surface area contributed by atoms with Gasteiger partial charge in [-0.15, -0.1) is 0 Å². The van der Waals surface area contributed by atoms with E-state index >= 15 is 0 Å². The molecule has 1 amide bonds. The molecule has 1 aromatic heterocycles. The number of hydrogen-bond donors (Lipinski definition) is 2. The summed E-state index contributed by atoms with van der Waals surface area (Å²) in [6.07, 6.45) is 2.07. The van der Waals surface area contributed by atoms with Crippen molar-refractivity contribution in [3.63, 3.8) is 0 Å². The Kier molecular flexibility index (Phi) is 5.33. The monoisotopic (exact) mass is 298 g/mol. The topological polar surface area (TPSA) is 68.4 Å². The summed E-state index contributed by atoms with van der Waals surface area (Å²) in [5.41, 5.74) is 0.949. The summed E-state index contributed by atoms with van der Waals surface area (Å²) in [5.74, 6) is 0.159. The fraction of sp³-hybridized carbons (Fsp3) is 0.692. The van der Waals surface area contributed by atoms with Crippen LogP contribution in [0.1, 0.15) is 18.5 Å². The average Bonchev–Trinajstić information content (AvgIpc) is 2.83.